The van der Waals surface area contributed by atoms with Crippen LogP contribution in [0.25, 0.3) is 0 Å². The fourth-order valence-electron chi connectivity index (χ4n) is 1.89. The van der Waals surface area contributed by atoms with Gasteiger partial charge in [0, 0.05) is 22.8 Å². The second-order valence-corrected chi connectivity index (χ2v) is 7.33. The van der Waals surface area contributed by atoms with Gasteiger partial charge in [-0.3, -0.25) is 4.79 Å². The van der Waals surface area contributed by atoms with Crippen molar-refractivity contribution < 1.29 is 17.6 Å². The molecule has 1 rings (SSSR count). The zero-order chi connectivity index (χ0) is 15.9. The molecule has 0 atom stereocenters. The number of benzene rings is 1. The Labute approximate surface area is 129 Å². The van der Waals surface area contributed by atoms with Crippen molar-refractivity contribution in [3.05, 3.63) is 24.0 Å². The van der Waals surface area contributed by atoms with Gasteiger partial charge in [-0.2, -0.15) is 0 Å². The van der Waals surface area contributed by atoms with Crippen LogP contribution in [0.4, 0.5) is 10.1 Å². The highest BCUT2D eigenvalue weighted by atomic mass is 35.7. The van der Waals surface area contributed by atoms with Crippen molar-refractivity contribution in [2.24, 2.45) is 0 Å². The van der Waals surface area contributed by atoms with E-state index in [2.05, 4.69) is 12.2 Å². The minimum absolute atomic E-state index is 0.215. The molecule has 0 spiro atoms. The van der Waals surface area contributed by atoms with Crippen molar-refractivity contribution in [2.45, 2.75) is 50.3 Å². The lowest BCUT2D eigenvalue weighted by Crippen LogP contribution is -2.11. The van der Waals surface area contributed by atoms with Gasteiger partial charge in [-0.05, 0) is 24.6 Å². The third-order valence-corrected chi connectivity index (χ3v) is 4.34. The molecule has 0 aromatic heterocycles. The minimum Gasteiger partial charge on any atom is -0.326 e. The molecular weight excluding hydrogens is 317 g/mol. The fraction of sp³-hybridized carbons (Fsp3) is 0.500. The van der Waals surface area contributed by atoms with Crippen LogP contribution in [0.3, 0.4) is 0 Å². The van der Waals surface area contributed by atoms with E-state index in [0.717, 1.165) is 44.2 Å². The van der Waals surface area contributed by atoms with Crippen LogP contribution in [-0.2, 0) is 13.8 Å². The molecule has 0 unspecified atom stereocenters. The molecule has 0 aliphatic carbocycles. The lowest BCUT2D eigenvalue weighted by atomic mass is 10.1. The molecule has 118 valence electrons. The Hall–Kier alpha value is -1.14. The first kappa shape index (κ1) is 17.9. The second kappa shape index (κ2) is 8.34. The maximum absolute atomic E-state index is 13.6. The van der Waals surface area contributed by atoms with Crippen LogP contribution in [0.15, 0.2) is 23.1 Å². The minimum atomic E-state index is -4.12. The van der Waals surface area contributed by atoms with E-state index < -0.39 is 19.8 Å². The third-order valence-electron chi connectivity index (χ3n) is 2.99. The van der Waals surface area contributed by atoms with E-state index in [-0.39, 0.29) is 11.6 Å². The molecule has 21 heavy (non-hydrogen) atoms. The molecule has 1 aromatic carbocycles. The number of halogens is 2. The predicted molar refractivity (Wildman–Crippen MR) is 81.4 cm³/mol. The number of hydrogen-bond acceptors (Lipinski definition) is 3. The molecule has 4 nitrogen and oxygen atoms in total. The molecule has 0 aliphatic heterocycles. The van der Waals surface area contributed by atoms with Gasteiger partial charge in [0.2, 0.25) is 5.91 Å². The summed E-state index contributed by atoms with van der Waals surface area (Å²) in [6.07, 6.45) is 5.52. The van der Waals surface area contributed by atoms with E-state index in [0.29, 0.717) is 6.42 Å². The highest BCUT2D eigenvalue weighted by molar-refractivity contribution is 8.13. The normalized spacial score (nSPS) is 11.4. The zero-order valence-corrected chi connectivity index (χ0v) is 13.4. The van der Waals surface area contributed by atoms with E-state index in [9.17, 15) is 17.6 Å². The Balaban J connectivity index is 2.52. The predicted octanol–water partition coefficient (Wildman–Crippen LogP) is 4.05. The van der Waals surface area contributed by atoms with Crippen LogP contribution in [0.2, 0.25) is 0 Å². The number of carbonyl (C=O) groups is 1. The highest BCUT2D eigenvalue weighted by Crippen LogP contribution is 2.22. The van der Waals surface area contributed by atoms with Crippen molar-refractivity contribution in [3.63, 3.8) is 0 Å². The molecule has 0 saturated heterocycles. The molecule has 1 amide bonds. The summed E-state index contributed by atoms with van der Waals surface area (Å²) in [6, 6.07) is 3.30. The summed E-state index contributed by atoms with van der Waals surface area (Å²) in [4.78, 5) is 11.1. The topological polar surface area (TPSA) is 63.2 Å². The molecule has 0 bridgehead atoms. The average molecular weight is 336 g/mol. The fourth-order valence-corrected chi connectivity index (χ4v) is 2.79. The van der Waals surface area contributed by atoms with Crippen molar-refractivity contribution in [3.8, 4) is 0 Å². The maximum Gasteiger partial charge on any atom is 0.264 e. The Morgan fingerprint density at radius 2 is 1.90 bits per heavy atom. The Kier molecular flexibility index (Phi) is 7.11. The Morgan fingerprint density at radius 3 is 2.48 bits per heavy atom. The van der Waals surface area contributed by atoms with Crippen molar-refractivity contribution in [1.82, 2.24) is 0 Å². The number of anilines is 1. The summed E-state index contributed by atoms with van der Waals surface area (Å²) in [6.45, 7) is 2.12. The van der Waals surface area contributed by atoms with Gasteiger partial charge in [-0.15, -0.1) is 0 Å². The first-order valence-corrected chi connectivity index (χ1v) is 9.19. The number of hydrogen-bond donors (Lipinski definition) is 1. The SMILES string of the molecule is CCCCCCCC(=O)Nc1ccc(S(=O)(=O)Cl)c(F)c1. The molecule has 7 heteroatoms. The molecule has 0 aliphatic rings. The summed E-state index contributed by atoms with van der Waals surface area (Å²) in [5, 5.41) is 2.54. The Morgan fingerprint density at radius 1 is 1.24 bits per heavy atom. The summed E-state index contributed by atoms with van der Waals surface area (Å²) >= 11 is 0. The monoisotopic (exact) mass is 335 g/mol. The summed E-state index contributed by atoms with van der Waals surface area (Å²) in [5.74, 6) is -1.20. The van der Waals surface area contributed by atoms with Crippen LogP contribution in [0.5, 0.6) is 0 Å². The van der Waals surface area contributed by atoms with Crippen LogP contribution in [-0.4, -0.2) is 14.3 Å². The second-order valence-electron chi connectivity index (χ2n) is 4.80. The van der Waals surface area contributed by atoms with Gasteiger partial charge in [0.1, 0.15) is 10.7 Å². The van der Waals surface area contributed by atoms with Gasteiger partial charge in [-0.25, -0.2) is 12.8 Å². The van der Waals surface area contributed by atoms with Gasteiger partial charge < -0.3 is 5.32 Å². The molecule has 0 radical (unpaired) electrons. The number of rotatable bonds is 8. The van der Waals surface area contributed by atoms with Crippen LogP contribution in [0.1, 0.15) is 45.4 Å². The van der Waals surface area contributed by atoms with Gasteiger partial charge in [0.15, 0.2) is 0 Å². The highest BCUT2D eigenvalue weighted by Gasteiger charge is 2.16. The third kappa shape index (κ3) is 6.44. The Bertz CT molecular complexity index is 590. The first-order chi connectivity index (χ1) is 9.84. The van der Waals surface area contributed by atoms with Gasteiger partial charge in [0.25, 0.3) is 9.05 Å². The standard InChI is InChI=1S/C14H19ClFNO3S/c1-2-3-4-5-6-7-14(18)17-11-8-9-13(12(16)10-11)21(15,19)20/h8-10H,2-7H2,1H3,(H,17,18). The van der Waals surface area contributed by atoms with Crippen molar-refractivity contribution in [2.75, 3.05) is 5.32 Å². The van der Waals surface area contributed by atoms with Crippen LogP contribution in [0, 0.1) is 5.82 Å². The van der Waals surface area contributed by atoms with Gasteiger partial charge >= 0.3 is 0 Å². The quantitative estimate of drug-likeness (QED) is 0.575. The molecule has 0 saturated carbocycles. The lowest BCUT2D eigenvalue weighted by Gasteiger charge is -2.06. The van der Waals surface area contributed by atoms with Crippen molar-refractivity contribution in [1.29, 1.82) is 0 Å². The van der Waals surface area contributed by atoms with Gasteiger partial charge in [-0.1, -0.05) is 32.6 Å². The van der Waals surface area contributed by atoms with Crippen LogP contribution < -0.4 is 5.32 Å². The molecule has 1 aromatic rings. The largest absolute Gasteiger partial charge is 0.326 e. The average Bonchev–Trinajstić information content (AvgIpc) is 2.37. The number of nitrogens with one attached hydrogen (secondary N) is 1. The zero-order valence-electron chi connectivity index (χ0n) is 11.9. The molecule has 0 heterocycles. The van der Waals surface area contributed by atoms with Crippen molar-refractivity contribution >= 4 is 31.3 Å². The maximum atomic E-state index is 13.6. The first-order valence-electron chi connectivity index (χ1n) is 6.88. The summed E-state index contributed by atoms with van der Waals surface area (Å²) in [7, 11) is 0.960. The summed E-state index contributed by atoms with van der Waals surface area (Å²) in [5.41, 5.74) is 0.218. The van der Waals surface area contributed by atoms with E-state index in [1.807, 2.05) is 0 Å². The van der Waals surface area contributed by atoms with E-state index in [1.165, 1.54) is 6.07 Å². The lowest BCUT2D eigenvalue weighted by molar-refractivity contribution is -0.116. The van der Waals surface area contributed by atoms with Crippen LogP contribution >= 0.6 is 10.7 Å². The summed E-state index contributed by atoms with van der Waals surface area (Å²) < 4.78 is 35.7. The van der Waals surface area contributed by atoms with E-state index in [1.54, 1.807) is 0 Å². The molecule has 1 N–H and O–H groups in total. The smallest absolute Gasteiger partial charge is 0.264 e. The number of carbonyl (C=O) groups excluding carboxylic acids is 1. The number of amides is 1. The van der Waals surface area contributed by atoms with E-state index in [4.69, 9.17) is 10.7 Å². The number of unbranched alkanes of at least 4 members (excludes halogenated alkanes) is 4. The molecule has 0 fully saturated rings. The van der Waals surface area contributed by atoms with E-state index >= 15 is 0 Å². The van der Waals surface area contributed by atoms with Gasteiger partial charge in [0.05, 0.1) is 0 Å². The molecular formula is C14H19ClFNO3S.